The molecular formula is C26H30N6O2. The number of carbonyl (C=O) groups excluding carboxylic acids is 1. The normalized spacial score (nSPS) is 15.9. The first-order valence-electron chi connectivity index (χ1n) is 11.7. The molecule has 2 aromatic heterocycles. The highest BCUT2D eigenvalue weighted by molar-refractivity contribution is 5.84. The summed E-state index contributed by atoms with van der Waals surface area (Å²) in [5, 5.41) is 8.63. The number of aromatic nitrogens is 4. The molecule has 0 bridgehead atoms. The van der Waals surface area contributed by atoms with Crippen molar-refractivity contribution in [3.63, 3.8) is 0 Å². The topological polar surface area (TPSA) is 88.1 Å². The monoisotopic (exact) mass is 458 g/mol. The first-order valence-corrected chi connectivity index (χ1v) is 11.7. The number of H-pyrrole nitrogens is 1. The van der Waals surface area contributed by atoms with E-state index in [2.05, 4.69) is 55.7 Å². The van der Waals surface area contributed by atoms with Crippen LogP contribution in [0.2, 0.25) is 0 Å². The van der Waals surface area contributed by atoms with Gasteiger partial charge < -0.3 is 15.0 Å². The molecule has 4 aromatic rings. The predicted octanol–water partition coefficient (Wildman–Crippen LogP) is 3.35. The van der Waals surface area contributed by atoms with Crippen LogP contribution in [-0.4, -0.2) is 63.8 Å². The Kier molecular flexibility index (Phi) is 6.58. The van der Waals surface area contributed by atoms with Crippen molar-refractivity contribution in [2.45, 2.75) is 24.8 Å². The van der Waals surface area contributed by atoms with E-state index in [4.69, 9.17) is 4.74 Å². The lowest BCUT2D eigenvalue weighted by Crippen LogP contribution is -2.42. The van der Waals surface area contributed by atoms with E-state index in [-0.39, 0.29) is 11.8 Å². The van der Waals surface area contributed by atoms with Crippen LogP contribution in [0, 0.1) is 0 Å². The van der Waals surface area contributed by atoms with Crippen LogP contribution < -0.4 is 10.1 Å². The first-order chi connectivity index (χ1) is 16.7. The van der Waals surface area contributed by atoms with Gasteiger partial charge in [0.05, 0.1) is 19.7 Å². The molecule has 2 N–H and O–H groups in total. The van der Waals surface area contributed by atoms with E-state index >= 15 is 0 Å². The molecular weight excluding hydrogens is 428 g/mol. The van der Waals surface area contributed by atoms with Crippen LogP contribution in [-0.2, 0) is 4.79 Å². The van der Waals surface area contributed by atoms with Crippen LogP contribution in [0.25, 0.3) is 10.9 Å². The number of hydrogen-bond acceptors (Lipinski definition) is 5. The third-order valence-electron chi connectivity index (χ3n) is 6.75. The Morgan fingerprint density at radius 2 is 1.97 bits per heavy atom. The summed E-state index contributed by atoms with van der Waals surface area (Å²) in [5.74, 6) is 0.904. The Hall–Kier alpha value is -3.65. The van der Waals surface area contributed by atoms with Gasteiger partial charge in [0.1, 0.15) is 18.4 Å². The van der Waals surface area contributed by atoms with Crippen LogP contribution in [0.15, 0.2) is 67.4 Å². The quantitative estimate of drug-likeness (QED) is 0.423. The van der Waals surface area contributed by atoms with Gasteiger partial charge in [-0.3, -0.25) is 9.69 Å². The minimum atomic E-state index is 0.0315. The molecule has 34 heavy (non-hydrogen) atoms. The molecule has 5 rings (SSSR count). The fourth-order valence-corrected chi connectivity index (χ4v) is 4.85. The minimum Gasteiger partial charge on any atom is -0.497 e. The summed E-state index contributed by atoms with van der Waals surface area (Å²) >= 11 is 0. The fourth-order valence-electron chi connectivity index (χ4n) is 4.85. The van der Waals surface area contributed by atoms with Gasteiger partial charge in [0.2, 0.25) is 5.91 Å². The number of amides is 1. The number of para-hydroxylation sites is 1. The number of nitrogens with one attached hydrogen (secondary N) is 2. The number of aromatic amines is 1. The Labute approximate surface area is 198 Å². The Bertz CT molecular complexity index is 1210. The number of likely N-dealkylation sites (tertiary alicyclic amines) is 1. The van der Waals surface area contributed by atoms with Crippen LogP contribution >= 0.6 is 0 Å². The highest BCUT2D eigenvalue weighted by atomic mass is 16.5. The molecule has 1 amide bonds. The van der Waals surface area contributed by atoms with E-state index in [0.717, 1.165) is 42.8 Å². The first kappa shape index (κ1) is 22.2. The van der Waals surface area contributed by atoms with Crippen molar-refractivity contribution >= 4 is 16.8 Å². The average molecular weight is 459 g/mol. The van der Waals surface area contributed by atoms with Crippen molar-refractivity contribution in [3.8, 4) is 5.75 Å². The van der Waals surface area contributed by atoms with Gasteiger partial charge in [0, 0.05) is 42.7 Å². The number of benzene rings is 2. The lowest BCUT2D eigenvalue weighted by Gasteiger charge is -2.31. The average Bonchev–Trinajstić information content (AvgIpc) is 3.56. The van der Waals surface area contributed by atoms with Gasteiger partial charge >= 0.3 is 0 Å². The van der Waals surface area contributed by atoms with E-state index in [1.165, 1.54) is 10.9 Å². The van der Waals surface area contributed by atoms with Crippen LogP contribution in [0.5, 0.6) is 5.75 Å². The maximum Gasteiger partial charge on any atom is 0.234 e. The maximum absolute atomic E-state index is 12.9. The largest absolute Gasteiger partial charge is 0.497 e. The number of nitrogens with zero attached hydrogens (tertiary/aromatic N) is 4. The Morgan fingerprint density at radius 3 is 2.71 bits per heavy atom. The maximum atomic E-state index is 12.9. The lowest BCUT2D eigenvalue weighted by molar-refractivity contribution is -0.122. The molecule has 8 heteroatoms. The van der Waals surface area contributed by atoms with Gasteiger partial charge in [-0.1, -0.05) is 30.3 Å². The molecule has 8 nitrogen and oxygen atoms in total. The summed E-state index contributed by atoms with van der Waals surface area (Å²) in [6.45, 7) is 2.69. The summed E-state index contributed by atoms with van der Waals surface area (Å²) < 4.78 is 7.26. The van der Waals surface area contributed by atoms with Crippen molar-refractivity contribution in [2.75, 3.05) is 33.3 Å². The van der Waals surface area contributed by atoms with Crippen LogP contribution in [0.4, 0.5) is 0 Å². The highest BCUT2D eigenvalue weighted by Gasteiger charge is 2.24. The second-order valence-corrected chi connectivity index (χ2v) is 8.80. The SMILES string of the molecule is COc1ccc(C(CNC(=O)CN2CCC(n3cncn3)CC2)c2c[nH]c3ccccc23)cc1. The zero-order valence-corrected chi connectivity index (χ0v) is 19.4. The number of fused-ring (bicyclic) bond motifs is 1. The Morgan fingerprint density at radius 1 is 1.18 bits per heavy atom. The summed E-state index contributed by atoms with van der Waals surface area (Å²) in [4.78, 5) is 22.5. The number of ether oxygens (including phenoxy) is 1. The Balaban J connectivity index is 1.25. The van der Waals surface area contributed by atoms with E-state index in [9.17, 15) is 4.79 Å². The fraction of sp³-hybridized carbons (Fsp3) is 0.346. The van der Waals surface area contributed by atoms with Gasteiger partial charge in [-0.15, -0.1) is 0 Å². The molecule has 1 unspecified atom stereocenters. The van der Waals surface area contributed by atoms with E-state index in [1.807, 2.05) is 28.9 Å². The minimum absolute atomic E-state index is 0.0315. The van der Waals surface area contributed by atoms with Gasteiger partial charge in [-0.2, -0.15) is 5.10 Å². The molecule has 0 spiro atoms. The lowest BCUT2D eigenvalue weighted by atomic mass is 9.90. The van der Waals surface area contributed by atoms with Gasteiger partial charge in [0.25, 0.3) is 0 Å². The predicted molar refractivity (Wildman–Crippen MR) is 131 cm³/mol. The molecule has 1 aliphatic heterocycles. The standard InChI is InChI=1S/C26H30N6O2/c1-34-21-8-6-19(7-9-21)23(24-15-28-25-5-3-2-4-22(24)25)14-29-26(33)16-31-12-10-20(11-13-31)32-18-27-17-30-32/h2-9,15,17-18,20,23,28H,10-14,16H2,1H3,(H,29,33). The smallest absolute Gasteiger partial charge is 0.234 e. The number of methoxy groups -OCH3 is 1. The molecule has 3 heterocycles. The van der Waals surface area contributed by atoms with Crippen LogP contribution in [0.1, 0.15) is 35.9 Å². The van der Waals surface area contributed by atoms with E-state index in [0.29, 0.717) is 19.1 Å². The molecule has 0 saturated carbocycles. The second-order valence-electron chi connectivity index (χ2n) is 8.80. The molecule has 1 fully saturated rings. The van der Waals surface area contributed by atoms with Gasteiger partial charge in [0.15, 0.2) is 0 Å². The summed E-state index contributed by atoms with van der Waals surface area (Å²) in [7, 11) is 1.67. The zero-order valence-electron chi connectivity index (χ0n) is 19.4. The highest BCUT2D eigenvalue weighted by Crippen LogP contribution is 2.31. The second kappa shape index (κ2) is 10.1. The number of piperidine rings is 1. The zero-order chi connectivity index (χ0) is 23.3. The molecule has 1 saturated heterocycles. The third-order valence-corrected chi connectivity index (χ3v) is 6.75. The van der Waals surface area contributed by atoms with Crippen molar-refractivity contribution in [1.29, 1.82) is 0 Å². The van der Waals surface area contributed by atoms with Crippen molar-refractivity contribution in [1.82, 2.24) is 30.0 Å². The summed E-state index contributed by atoms with van der Waals surface area (Å²) in [6, 6.07) is 16.7. The van der Waals surface area contributed by atoms with Crippen LogP contribution in [0.3, 0.4) is 0 Å². The molecule has 2 aromatic carbocycles. The number of carbonyl (C=O) groups is 1. The molecule has 1 atom stereocenters. The van der Waals surface area contributed by atoms with Crippen molar-refractivity contribution in [3.05, 3.63) is 78.5 Å². The summed E-state index contributed by atoms with van der Waals surface area (Å²) in [6.07, 6.45) is 7.35. The third kappa shape index (κ3) is 4.82. The molecule has 0 aliphatic carbocycles. The molecule has 176 valence electrons. The van der Waals surface area contributed by atoms with E-state index in [1.54, 1.807) is 19.8 Å². The van der Waals surface area contributed by atoms with Gasteiger partial charge in [-0.25, -0.2) is 9.67 Å². The summed E-state index contributed by atoms with van der Waals surface area (Å²) in [5.41, 5.74) is 3.41. The van der Waals surface area contributed by atoms with E-state index < -0.39 is 0 Å². The van der Waals surface area contributed by atoms with Gasteiger partial charge in [-0.05, 0) is 42.2 Å². The molecule has 1 aliphatic rings. The molecule has 0 radical (unpaired) electrons. The van der Waals surface area contributed by atoms with Crippen molar-refractivity contribution < 1.29 is 9.53 Å². The number of hydrogen-bond donors (Lipinski definition) is 2. The van der Waals surface area contributed by atoms with Crippen molar-refractivity contribution in [2.24, 2.45) is 0 Å². The number of rotatable bonds is 8.